The first-order chi connectivity index (χ1) is 8.96. The van der Waals surface area contributed by atoms with Gasteiger partial charge in [0, 0.05) is 13.1 Å². The maximum Gasteiger partial charge on any atom is 0.101 e. The molecule has 0 saturated carbocycles. The molecule has 0 bridgehead atoms. The van der Waals surface area contributed by atoms with Crippen molar-refractivity contribution in [3.8, 4) is 6.07 Å². The molecule has 0 amide bonds. The Morgan fingerprint density at radius 1 is 1.53 bits per heavy atom. The smallest absolute Gasteiger partial charge is 0.101 e. The number of morpholine rings is 1. The molecule has 0 radical (unpaired) electrons. The third kappa shape index (κ3) is 2.89. The van der Waals surface area contributed by atoms with E-state index in [1.54, 1.807) is 0 Å². The zero-order valence-electron chi connectivity index (χ0n) is 11.7. The van der Waals surface area contributed by atoms with Crippen LogP contribution in [-0.4, -0.2) is 36.5 Å². The monoisotopic (exact) mass is 260 g/mol. The van der Waals surface area contributed by atoms with Gasteiger partial charge in [-0.25, -0.2) is 0 Å². The third-order valence-electron chi connectivity index (χ3n) is 3.36. The van der Waals surface area contributed by atoms with Crippen molar-refractivity contribution in [1.29, 1.82) is 5.26 Å². The SMILES string of the molecule is Cc1cccc(C#N)c1N1CC(CO)OC(C)(C)C1. The minimum atomic E-state index is -0.333. The Bertz CT molecular complexity index is 505. The van der Waals surface area contributed by atoms with Crippen molar-refractivity contribution < 1.29 is 9.84 Å². The van der Waals surface area contributed by atoms with Crippen LogP contribution in [0.2, 0.25) is 0 Å². The van der Waals surface area contributed by atoms with Crippen LogP contribution in [0.15, 0.2) is 18.2 Å². The normalized spacial score (nSPS) is 22.1. The second-order valence-corrected chi connectivity index (χ2v) is 5.65. The molecular formula is C15H20N2O2. The molecule has 0 aliphatic carbocycles. The first-order valence-electron chi connectivity index (χ1n) is 6.50. The molecule has 0 spiro atoms. The number of hydrogen-bond acceptors (Lipinski definition) is 4. The number of ether oxygens (including phenoxy) is 1. The highest BCUT2D eigenvalue weighted by molar-refractivity contribution is 5.64. The van der Waals surface area contributed by atoms with Gasteiger partial charge in [-0.1, -0.05) is 12.1 Å². The Kier molecular flexibility index (Phi) is 3.79. The molecule has 1 aliphatic heterocycles. The molecule has 1 N–H and O–H groups in total. The van der Waals surface area contributed by atoms with Gasteiger partial charge in [0.2, 0.25) is 0 Å². The number of nitriles is 1. The highest BCUT2D eigenvalue weighted by Gasteiger charge is 2.34. The summed E-state index contributed by atoms with van der Waals surface area (Å²) in [5.74, 6) is 0. The van der Waals surface area contributed by atoms with E-state index in [4.69, 9.17) is 4.74 Å². The summed E-state index contributed by atoms with van der Waals surface area (Å²) in [5.41, 5.74) is 2.38. The Morgan fingerprint density at radius 2 is 2.26 bits per heavy atom. The topological polar surface area (TPSA) is 56.5 Å². The average molecular weight is 260 g/mol. The number of aliphatic hydroxyl groups excluding tert-OH is 1. The summed E-state index contributed by atoms with van der Waals surface area (Å²) in [6, 6.07) is 7.98. The number of aliphatic hydroxyl groups is 1. The number of hydrogen-bond donors (Lipinski definition) is 1. The summed E-state index contributed by atoms with van der Waals surface area (Å²) in [6.45, 7) is 7.33. The fourth-order valence-electron chi connectivity index (χ4n) is 2.73. The number of anilines is 1. The summed E-state index contributed by atoms with van der Waals surface area (Å²) in [6.07, 6.45) is -0.213. The lowest BCUT2D eigenvalue weighted by molar-refractivity contribution is -0.101. The number of aryl methyl sites for hydroxylation is 1. The van der Waals surface area contributed by atoms with Crippen molar-refractivity contribution in [3.05, 3.63) is 29.3 Å². The van der Waals surface area contributed by atoms with E-state index in [1.807, 2.05) is 39.0 Å². The summed E-state index contributed by atoms with van der Waals surface area (Å²) in [7, 11) is 0. The lowest BCUT2D eigenvalue weighted by Crippen LogP contribution is -2.54. The van der Waals surface area contributed by atoms with Crippen LogP contribution in [-0.2, 0) is 4.74 Å². The first kappa shape index (κ1) is 13.9. The first-order valence-corrected chi connectivity index (χ1v) is 6.50. The van der Waals surface area contributed by atoms with Crippen LogP contribution in [0, 0.1) is 18.3 Å². The second-order valence-electron chi connectivity index (χ2n) is 5.65. The summed E-state index contributed by atoms with van der Waals surface area (Å²) in [4.78, 5) is 2.15. The van der Waals surface area contributed by atoms with Crippen LogP contribution in [0.25, 0.3) is 0 Å². The van der Waals surface area contributed by atoms with E-state index in [-0.39, 0.29) is 18.3 Å². The Morgan fingerprint density at radius 3 is 2.89 bits per heavy atom. The van der Waals surface area contributed by atoms with Gasteiger partial charge in [-0.3, -0.25) is 0 Å². The quantitative estimate of drug-likeness (QED) is 0.881. The van der Waals surface area contributed by atoms with Crippen molar-refractivity contribution in [2.75, 3.05) is 24.6 Å². The van der Waals surface area contributed by atoms with Crippen molar-refractivity contribution in [2.45, 2.75) is 32.5 Å². The predicted molar refractivity (Wildman–Crippen MR) is 74.1 cm³/mol. The molecular weight excluding hydrogens is 240 g/mol. The molecule has 1 unspecified atom stereocenters. The van der Waals surface area contributed by atoms with Crippen LogP contribution < -0.4 is 4.90 Å². The van der Waals surface area contributed by atoms with E-state index >= 15 is 0 Å². The van der Waals surface area contributed by atoms with Crippen molar-refractivity contribution >= 4 is 5.69 Å². The fraction of sp³-hybridized carbons (Fsp3) is 0.533. The van der Waals surface area contributed by atoms with Gasteiger partial charge in [-0.2, -0.15) is 5.26 Å². The number of nitrogens with zero attached hydrogens (tertiary/aromatic N) is 2. The molecule has 1 aliphatic rings. The molecule has 1 saturated heterocycles. The van der Waals surface area contributed by atoms with Gasteiger partial charge in [0.1, 0.15) is 6.07 Å². The largest absolute Gasteiger partial charge is 0.394 e. The van der Waals surface area contributed by atoms with Crippen molar-refractivity contribution in [3.63, 3.8) is 0 Å². The third-order valence-corrected chi connectivity index (χ3v) is 3.36. The van der Waals surface area contributed by atoms with E-state index in [2.05, 4.69) is 11.0 Å². The summed E-state index contributed by atoms with van der Waals surface area (Å²) in [5, 5.41) is 18.6. The van der Waals surface area contributed by atoms with Crippen LogP contribution >= 0.6 is 0 Å². The van der Waals surface area contributed by atoms with Gasteiger partial charge in [0.05, 0.1) is 29.6 Å². The fourth-order valence-corrected chi connectivity index (χ4v) is 2.73. The Hall–Kier alpha value is -1.57. The summed E-state index contributed by atoms with van der Waals surface area (Å²) >= 11 is 0. The molecule has 4 nitrogen and oxygen atoms in total. The number of benzene rings is 1. The van der Waals surface area contributed by atoms with Crippen molar-refractivity contribution in [2.24, 2.45) is 0 Å². The molecule has 1 atom stereocenters. The van der Waals surface area contributed by atoms with Gasteiger partial charge in [-0.15, -0.1) is 0 Å². The number of rotatable bonds is 2. The minimum Gasteiger partial charge on any atom is -0.394 e. The maximum absolute atomic E-state index is 9.37. The van der Waals surface area contributed by atoms with Crippen molar-refractivity contribution in [1.82, 2.24) is 0 Å². The van der Waals surface area contributed by atoms with Crippen LogP contribution in [0.5, 0.6) is 0 Å². The predicted octanol–water partition coefficient (Wildman–Crippen LogP) is 1.84. The Labute approximate surface area is 114 Å². The Balaban J connectivity index is 2.39. The molecule has 4 heteroatoms. The van der Waals surface area contributed by atoms with E-state index in [9.17, 15) is 10.4 Å². The molecule has 1 fully saturated rings. The lowest BCUT2D eigenvalue weighted by atomic mass is 10.0. The minimum absolute atomic E-state index is 0.00625. The van der Waals surface area contributed by atoms with Crippen LogP contribution in [0.4, 0.5) is 5.69 Å². The van der Waals surface area contributed by atoms with Crippen LogP contribution in [0.1, 0.15) is 25.0 Å². The van der Waals surface area contributed by atoms with E-state index in [1.165, 1.54) is 0 Å². The lowest BCUT2D eigenvalue weighted by Gasteiger charge is -2.44. The van der Waals surface area contributed by atoms with E-state index < -0.39 is 0 Å². The molecule has 1 aromatic rings. The standard InChI is InChI=1S/C15H20N2O2/c1-11-5-4-6-12(7-16)14(11)17-8-13(9-18)19-15(2,3)10-17/h4-6,13,18H,8-10H2,1-3H3. The average Bonchev–Trinajstić information content (AvgIpc) is 2.36. The molecule has 19 heavy (non-hydrogen) atoms. The summed E-state index contributed by atoms with van der Waals surface area (Å²) < 4.78 is 5.81. The van der Waals surface area contributed by atoms with Gasteiger partial charge >= 0.3 is 0 Å². The molecule has 102 valence electrons. The zero-order valence-corrected chi connectivity index (χ0v) is 11.7. The zero-order chi connectivity index (χ0) is 14.0. The molecule has 2 rings (SSSR count). The van der Waals surface area contributed by atoms with Gasteiger partial charge in [-0.05, 0) is 32.4 Å². The van der Waals surface area contributed by atoms with Crippen LogP contribution in [0.3, 0.4) is 0 Å². The molecule has 1 heterocycles. The van der Waals surface area contributed by atoms with Gasteiger partial charge in [0.25, 0.3) is 0 Å². The van der Waals surface area contributed by atoms with Gasteiger partial charge < -0.3 is 14.7 Å². The maximum atomic E-state index is 9.37. The van der Waals surface area contributed by atoms with Gasteiger partial charge in [0.15, 0.2) is 0 Å². The second kappa shape index (κ2) is 5.20. The highest BCUT2D eigenvalue weighted by Crippen LogP contribution is 2.30. The van der Waals surface area contributed by atoms with E-state index in [0.717, 1.165) is 11.3 Å². The molecule has 0 aromatic heterocycles. The molecule has 1 aromatic carbocycles. The van der Waals surface area contributed by atoms with E-state index in [0.29, 0.717) is 18.7 Å². The highest BCUT2D eigenvalue weighted by atomic mass is 16.5. The number of para-hydroxylation sites is 1.